The number of aromatic nitrogens is 4. The van der Waals surface area contributed by atoms with Gasteiger partial charge < -0.3 is 16.0 Å². The Morgan fingerprint density at radius 1 is 1.05 bits per heavy atom. The first-order valence-electron chi connectivity index (χ1n) is 13.8. The number of hydrogen-bond acceptors (Lipinski definition) is 8. The van der Waals surface area contributed by atoms with Crippen molar-refractivity contribution in [2.45, 2.75) is 76.4 Å². The number of nitrogens with one attached hydrogen (secondary N) is 3. The van der Waals surface area contributed by atoms with Crippen LogP contribution in [0.2, 0.25) is 0 Å². The van der Waals surface area contributed by atoms with Crippen molar-refractivity contribution in [3.8, 4) is 0 Å². The summed E-state index contributed by atoms with van der Waals surface area (Å²) in [6, 6.07) is 3.53. The molecule has 2 heterocycles. The quantitative estimate of drug-likeness (QED) is 0.327. The fraction of sp³-hybridized carbons (Fsp3) is 0.519. The molecule has 0 unspecified atom stereocenters. The third kappa shape index (κ3) is 7.34. The average Bonchev–Trinajstić information content (AvgIpc) is 3.27. The molecular formula is C27H34F2N8O3S. The van der Waals surface area contributed by atoms with Crippen LogP contribution >= 0.6 is 0 Å². The summed E-state index contributed by atoms with van der Waals surface area (Å²) in [5, 5.41) is 9.41. The van der Waals surface area contributed by atoms with E-state index in [0.717, 1.165) is 63.7 Å². The lowest BCUT2D eigenvalue weighted by molar-refractivity contribution is -0.119. The number of anilines is 3. The fourth-order valence-electron chi connectivity index (χ4n) is 5.66. The highest BCUT2D eigenvalue weighted by Gasteiger charge is 2.28. The molecule has 0 atom stereocenters. The average molecular weight is 589 g/mol. The van der Waals surface area contributed by atoms with Crippen molar-refractivity contribution in [2.24, 2.45) is 10.3 Å². The second kappa shape index (κ2) is 12.0. The van der Waals surface area contributed by atoms with Crippen molar-refractivity contribution < 1.29 is 22.0 Å². The van der Waals surface area contributed by atoms with E-state index in [-0.39, 0.29) is 35.6 Å². The zero-order chi connectivity index (χ0) is 29.1. The maximum atomic E-state index is 14.5. The summed E-state index contributed by atoms with van der Waals surface area (Å²) in [7, 11) is -3.39. The zero-order valence-electron chi connectivity index (χ0n) is 23.0. The number of amides is 1. The van der Waals surface area contributed by atoms with Gasteiger partial charge in [0.25, 0.3) is 0 Å². The molecule has 2 aromatic heterocycles. The molecular weight excluding hydrogens is 554 g/mol. The largest absolute Gasteiger partial charge is 0.354 e. The summed E-state index contributed by atoms with van der Waals surface area (Å²) in [5.41, 5.74) is 1.21. The lowest BCUT2D eigenvalue weighted by Gasteiger charge is -2.31. The van der Waals surface area contributed by atoms with Crippen LogP contribution < -0.4 is 16.0 Å². The van der Waals surface area contributed by atoms with Crippen LogP contribution in [-0.4, -0.2) is 58.4 Å². The van der Waals surface area contributed by atoms with Gasteiger partial charge in [0.15, 0.2) is 5.65 Å². The van der Waals surface area contributed by atoms with Crippen LogP contribution in [0.25, 0.3) is 11.2 Å². The number of benzene rings is 1. The van der Waals surface area contributed by atoms with E-state index in [0.29, 0.717) is 23.1 Å². The molecule has 0 aliphatic heterocycles. The molecule has 3 N–H and O–H groups in total. The van der Waals surface area contributed by atoms with E-state index in [1.807, 2.05) is 4.57 Å². The highest BCUT2D eigenvalue weighted by molar-refractivity contribution is 7.89. The Labute approximate surface area is 237 Å². The van der Waals surface area contributed by atoms with E-state index in [2.05, 4.69) is 30.3 Å². The smallest absolute Gasteiger partial charge is 0.249 e. The van der Waals surface area contributed by atoms with Gasteiger partial charge in [-0.3, -0.25) is 9.36 Å². The van der Waals surface area contributed by atoms with Gasteiger partial charge in [-0.25, -0.2) is 27.2 Å². The highest BCUT2D eigenvalue weighted by Crippen LogP contribution is 2.35. The van der Waals surface area contributed by atoms with Gasteiger partial charge in [0, 0.05) is 37.3 Å². The van der Waals surface area contributed by atoms with Crippen LogP contribution in [0.4, 0.5) is 26.4 Å². The second-order valence-electron chi connectivity index (χ2n) is 10.9. The molecule has 2 fully saturated rings. The first-order valence-corrected chi connectivity index (χ1v) is 15.6. The summed E-state index contributed by atoms with van der Waals surface area (Å²) in [6.07, 6.45) is 10.5. The molecule has 41 heavy (non-hydrogen) atoms. The second-order valence-corrected chi connectivity index (χ2v) is 12.6. The summed E-state index contributed by atoms with van der Waals surface area (Å²) in [4.78, 5) is 25.5. The molecule has 2 aliphatic carbocycles. The number of hydrogen-bond donors (Lipinski definition) is 3. The standard InChI is InChI=1S/C27H34F2N8O3S/c1-16(38)32-19-8-10-21(11-9-19)37-25-24(35-27(37)34-23-12-5-18(28)13-22(23)29)15-30-26(36-25)33-20-6-3-17(4-7-20)14-31-41(2,39)40/h5,12-15,17,19-21H,3-4,6-11H2,1-2H3,(H,32,38)(H,34,35)(H,30,33,36)/b31-14+. The summed E-state index contributed by atoms with van der Waals surface area (Å²) < 4.78 is 56.3. The van der Waals surface area contributed by atoms with Gasteiger partial charge in [-0.05, 0) is 69.4 Å². The zero-order valence-corrected chi connectivity index (χ0v) is 23.8. The van der Waals surface area contributed by atoms with Crippen molar-refractivity contribution in [3.05, 3.63) is 36.0 Å². The topological polar surface area (TPSA) is 143 Å². The minimum atomic E-state index is -3.39. The van der Waals surface area contributed by atoms with Crippen molar-refractivity contribution in [1.82, 2.24) is 24.8 Å². The predicted molar refractivity (Wildman–Crippen MR) is 153 cm³/mol. The number of sulfonamides is 1. The molecule has 220 valence electrons. The minimum Gasteiger partial charge on any atom is -0.354 e. The number of imidazole rings is 1. The van der Waals surface area contributed by atoms with Crippen LogP contribution in [0.3, 0.4) is 0 Å². The third-order valence-corrected chi connectivity index (χ3v) is 8.15. The van der Waals surface area contributed by atoms with Crippen molar-refractivity contribution >= 4 is 50.9 Å². The van der Waals surface area contributed by atoms with Gasteiger partial charge >= 0.3 is 0 Å². The molecule has 1 amide bonds. The lowest BCUT2D eigenvalue weighted by atomic mass is 9.87. The first kappa shape index (κ1) is 28.8. The molecule has 14 heteroatoms. The number of rotatable bonds is 8. The van der Waals surface area contributed by atoms with Crippen molar-refractivity contribution in [2.75, 3.05) is 16.9 Å². The molecule has 3 aromatic rings. The molecule has 11 nitrogen and oxygen atoms in total. The lowest BCUT2D eigenvalue weighted by Crippen LogP contribution is -2.36. The monoisotopic (exact) mass is 588 g/mol. The SMILES string of the molecule is CC(=O)NC1CCC(n2c(Nc3ccc(F)cc3F)nc3cnc(NC4CCC(/C=N/S(C)(=O)=O)CC4)nc32)CC1. The number of fused-ring (bicyclic) bond motifs is 1. The molecule has 5 rings (SSSR count). The molecule has 0 saturated heterocycles. The Morgan fingerprint density at radius 2 is 1.76 bits per heavy atom. The maximum absolute atomic E-state index is 14.5. The molecule has 2 saturated carbocycles. The number of carbonyl (C=O) groups is 1. The Balaban J connectivity index is 1.38. The predicted octanol–water partition coefficient (Wildman–Crippen LogP) is 4.47. The Morgan fingerprint density at radius 3 is 2.41 bits per heavy atom. The number of halogens is 2. The molecule has 2 aliphatic rings. The Kier molecular flexibility index (Phi) is 8.47. The van der Waals surface area contributed by atoms with Gasteiger partial charge in [-0.1, -0.05) is 0 Å². The van der Waals surface area contributed by atoms with E-state index >= 15 is 0 Å². The van der Waals surface area contributed by atoms with Gasteiger partial charge in [-0.15, -0.1) is 0 Å². The normalized spacial score (nSPS) is 23.5. The highest BCUT2D eigenvalue weighted by atomic mass is 32.2. The molecule has 0 radical (unpaired) electrons. The summed E-state index contributed by atoms with van der Waals surface area (Å²) >= 11 is 0. The van der Waals surface area contributed by atoms with Crippen LogP contribution in [0, 0.1) is 17.6 Å². The van der Waals surface area contributed by atoms with E-state index in [9.17, 15) is 22.0 Å². The molecule has 1 aromatic carbocycles. The van der Waals surface area contributed by atoms with E-state index in [4.69, 9.17) is 4.98 Å². The van der Waals surface area contributed by atoms with Gasteiger partial charge in [0.05, 0.1) is 18.1 Å². The Bertz CT molecular complexity index is 1550. The van der Waals surface area contributed by atoms with Crippen LogP contribution in [0.15, 0.2) is 28.8 Å². The van der Waals surface area contributed by atoms with E-state index < -0.39 is 21.7 Å². The number of carbonyl (C=O) groups excluding carboxylic acids is 1. The molecule has 0 spiro atoms. The van der Waals surface area contributed by atoms with Gasteiger partial charge in [0.2, 0.25) is 27.8 Å². The van der Waals surface area contributed by atoms with Gasteiger partial charge in [-0.2, -0.15) is 9.38 Å². The van der Waals surface area contributed by atoms with Crippen LogP contribution in [0.1, 0.15) is 64.3 Å². The van der Waals surface area contributed by atoms with Crippen LogP contribution in [0.5, 0.6) is 0 Å². The Hall–Kier alpha value is -3.68. The van der Waals surface area contributed by atoms with Crippen molar-refractivity contribution in [1.29, 1.82) is 0 Å². The summed E-state index contributed by atoms with van der Waals surface area (Å²) in [5.74, 6) is -0.528. The first-order chi connectivity index (χ1) is 19.5. The van der Waals surface area contributed by atoms with Crippen LogP contribution in [-0.2, 0) is 14.8 Å². The van der Waals surface area contributed by atoms with Crippen molar-refractivity contribution in [3.63, 3.8) is 0 Å². The maximum Gasteiger partial charge on any atom is 0.249 e. The van der Waals surface area contributed by atoms with E-state index in [1.165, 1.54) is 25.3 Å². The number of nitrogens with zero attached hydrogens (tertiary/aromatic N) is 5. The van der Waals surface area contributed by atoms with Gasteiger partial charge in [0.1, 0.15) is 17.2 Å². The summed E-state index contributed by atoms with van der Waals surface area (Å²) in [6.45, 7) is 1.51. The molecule has 0 bridgehead atoms. The fourth-order valence-corrected chi connectivity index (χ4v) is 6.06. The van der Waals surface area contributed by atoms with E-state index in [1.54, 1.807) is 6.20 Å². The third-order valence-electron chi connectivity index (χ3n) is 7.65. The minimum absolute atomic E-state index is 0.0108.